The van der Waals surface area contributed by atoms with Crippen molar-refractivity contribution in [3.8, 4) is 0 Å². The highest BCUT2D eigenvalue weighted by atomic mass is 16.1. The van der Waals surface area contributed by atoms with Crippen molar-refractivity contribution in [1.82, 2.24) is 14.8 Å². The molecule has 4 heteroatoms. The first kappa shape index (κ1) is 17.0. The molecular formula is C22H25N3O. The summed E-state index contributed by atoms with van der Waals surface area (Å²) in [6.07, 6.45) is 1.87. The summed E-state index contributed by atoms with van der Waals surface area (Å²) in [5.41, 5.74) is 2.87. The number of rotatable bonds is 5. The van der Waals surface area contributed by atoms with Gasteiger partial charge in [-0.15, -0.1) is 0 Å². The maximum Gasteiger partial charge on any atom is 0.186 e. The van der Waals surface area contributed by atoms with Gasteiger partial charge in [0.15, 0.2) is 5.78 Å². The molecule has 1 aliphatic rings. The molecule has 1 N–H and O–H groups in total. The highest BCUT2D eigenvalue weighted by Gasteiger charge is 2.31. The third-order valence-corrected chi connectivity index (χ3v) is 5.44. The molecule has 0 unspecified atom stereocenters. The maximum atomic E-state index is 13.6. The molecule has 4 nitrogen and oxygen atoms in total. The fourth-order valence-electron chi connectivity index (χ4n) is 3.92. The Balaban J connectivity index is 1.70. The summed E-state index contributed by atoms with van der Waals surface area (Å²) in [5.74, 6) is 0.179. The minimum Gasteiger partial charge on any atom is -0.360 e. The van der Waals surface area contributed by atoms with Gasteiger partial charge in [0.25, 0.3) is 0 Å². The van der Waals surface area contributed by atoms with Gasteiger partial charge >= 0.3 is 0 Å². The van der Waals surface area contributed by atoms with E-state index in [1.807, 2.05) is 48.7 Å². The second kappa shape index (κ2) is 7.44. The topological polar surface area (TPSA) is 39.3 Å². The molecule has 1 fully saturated rings. The van der Waals surface area contributed by atoms with E-state index in [1.165, 1.54) is 0 Å². The molecule has 4 rings (SSSR count). The van der Waals surface area contributed by atoms with Crippen LogP contribution in [0.5, 0.6) is 0 Å². The van der Waals surface area contributed by atoms with Crippen LogP contribution in [0.2, 0.25) is 0 Å². The molecule has 0 aliphatic carbocycles. The van der Waals surface area contributed by atoms with Crippen LogP contribution in [-0.2, 0) is 0 Å². The molecule has 2 aromatic carbocycles. The summed E-state index contributed by atoms with van der Waals surface area (Å²) >= 11 is 0. The molecule has 1 saturated heterocycles. The highest BCUT2D eigenvalue weighted by molar-refractivity contribution is 6.10. The number of benzene rings is 2. The molecule has 1 aromatic heterocycles. The quantitative estimate of drug-likeness (QED) is 0.715. The number of carbonyl (C=O) groups excluding carboxylic acids is 1. The number of hydrogen-bond donors (Lipinski definition) is 1. The lowest BCUT2D eigenvalue weighted by Crippen LogP contribution is -2.49. The molecule has 0 radical (unpaired) electrons. The number of aromatic amines is 1. The van der Waals surface area contributed by atoms with Crippen molar-refractivity contribution in [2.45, 2.75) is 13.0 Å². The predicted octanol–water partition coefficient (Wildman–Crippen LogP) is 3.73. The number of likely N-dealkylation sites (N-methyl/N-ethyl adjacent to an activating group) is 1. The van der Waals surface area contributed by atoms with Crippen LogP contribution in [0.15, 0.2) is 60.8 Å². The lowest BCUT2D eigenvalue weighted by atomic mass is 9.95. The number of hydrogen-bond acceptors (Lipinski definition) is 3. The van der Waals surface area contributed by atoms with E-state index in [-0.39, 0.29) is 11.8 Å². The first-order chi connectivity index (χ1) is 12.8. The molecule has 1 aliphatic heterocycles. The summed E-state index contributed by atoms with van der Waals surface area (Å²) in [5, 5.41) is 1.01. The number of Topliss-reactive ketones (excluding diaryl/α,β-unsaturated/α-hetero) is 1. The van der Waals surface area contributed by atoms with Crippen LogP contribution in [0.1, 0.15) is 28.9 Å². The van der Waals surface area contributed by atoms with Crippen LogP contribution in [0.3, 0.4) is 0 Å². The number of ketones is 1. The van der Waals surface area contributed by atoms with Gasteiger partial charge in [-0.3, -0.25) is 9.69 Å². The number of fused-ring (bicyclic) bond motifs is 1. The zero-order valence-electron chi connectivity index (χ0n) is 15.2. The molecular weight excluding hydrogens is 322 g/mol. The molecule has 26 heavy (non-hydrogen) atoms. The number of nitrogens with one attached hydrogen (secondary N) is 1. The second-order valence-corrected chi connectivity index (χ2v) is 6.90. The monoisotopic (exact) mass is 347 g/mol. The number of para-hydroxylation sites is 1. The minimum atomic E-state index is -0.227. The third kappa shape index (κ3) is 3.18. The number of aromatic nitrogens is 1. The Morgan fingerprint density at radius 3 is 2.42 bits per heavy atom. The summed E-state index contributed by atoms with van der Waals surface area (Å²) in [6.45, 7) is 7.13. The van der Waals surface area contributed by atoms with Crippen LogP contribution in [0.25, 0.3) is 10.9 Å². The van der Waals surface area contributed by atoms with Gasteiger partial charge in [-0.2, -0.15) is 0 Å². The van der Waals surface area contributed by atoms with Gasteiger partial charge in [-0.25, -0.2) is 0 Å². The van der Waals surface area contributed by atoms with Crippen molar-refractivity contribution in [3.05, 3.63) is 71.9 Å². The Hall–Kier alpha value is -2.43. The zero-order chi connectivity index (χ0) is 17.9. The molecule has 3 aromatic rings. The molecule has 0 saturated carbocycles. The van der Waals surface area contributed by atoms with Gasteiger partial charge in [0.2, 0.25) is 0 Å². The van der Waals surface area contributed by atoms with Gasteiger partial charge in [-0.1, -0.05) is 55.5 Å². The Morgan fingerprint density at radius 2 is 1.69 bits per heavy atom. The fourth-order valence-corrected chi connectivity index (χ4v) is 3.92. The van der Waals surface area contributed by atoms with Gasteiger partial charge in [0.05, 0.1) is 6.04 Å². The normalized spacial score (nSPS) is 17.4. The standard InChI is InChI=1S/C22H25N3O/c1-2-24-12-14-25(15-13-24)21(17-8-4-3-5-9-17)22(26)19-16-23-20-11-7-6-10-18(19)20/h3-11,16,21,23H,2,12-15H2,1H3/t21-/m1/s1. The van der Waals surface area contributed by atoms with E-state index in [1.54, 1.807) is 0 Å². The van der Waals surface area contributed by atoms with E-state index in [0.717, 1.165) is 54.8 Å². The average molecular weight is 347 g/mol. The van der Waals surface area contributed by atoms with Gasteiger partial charge in [0, 0.05) is 48.8 Å². The van der Waals surface area contributed by atoms with Crippen molar-refractivity contribution in [3.63, 3.8) is 0 Å². The van der Waals surface area contributed by atoms with Crippen molar-refractivity contribution < 1.29 is 4.79 Å². The van der Waals surface area contributed by atoms with Crippen molar-refractivity contribution >= 4 is 16.7 Å². The van der Waals surface area contributed by atoms with Crippen molar-refractivity contribution in [1.29, 1.82) is 0 Å². The lowest BCUT2D eigenvalue weighted by Gasteiger charge is -2.38. The lowest BCUT2D eigenvalue weighted by molar-refractivity contribution is 0.0676. The van der Waals surface area contributed by atoms with Crippen LogP contribution in [-0.4, -0.2) is 53.3 Å². The Bertz CT molecular complexity index is 879. The molecule has 0 spiro atoms. The Morgan fingerprint density at radius 1 is 1.00 bits per heavy atom. The molecule has 0 amide bonds. The third-order valence-electron chi connectivity index (χ3n) is 5.44. The fraction of sp³-hybridized carbons (Fsp3) is 0.318. The van der Waals surface area contributed by atoms with E-state index < -0.39 is 0 Å². The summed E-state index contributed by atoms with van der Waals surface area (Å²) < 4.78 is 0. The summed E-state index contributed by atoms with van der Waals surface area (Å²) in [6, 6.07) is 18.0. The maximum absolute atomic E-state index is 13.6. The smallest absolute Gasteiger partial charge is 0.186 e. The van der Waals surface area contributed by atoms with Gasteiger partial charge in [0.1, 0.15) is 0 Å². The summed E-state index contributed by atoms with van der Waals surface area (Å²) in [4.78, 5) is 21.6. The minimum absolute atomic E-state index is 0.179. The van der Waals surface area contributed by atoms with Crippen LogP contribution < -0.4 is 0 Å². The van der Waals surface area contributed by atoms with Crippen molar-refractivity contribution in [2.75, 3.05) is 32.7 Å². The number of carbonyl (C=O) groups is 1. The van der Waals surface area contributed by atoms with E-state index >= 15 is 0 Å². The Labute approximate surface area is 154 Å². The highest BCUT2D eigenvalue weighted by Crippen LogP contribution is 2.29. The molecule has 0 bridgehead atoms. The first-order valence-electron chi connectivity index (χ1n) is 9.39. The SMILES string of the molecule is CCN1CCN([C@@H](C(=O)c2c[nH]c3ccccc23)c2ccccc2)CC1. The average Bonchev–Trinajstić information content (AvgIpc) is 3.14. The number of H-pyrrole nitrogens is 1. The van der Waals surface area contributed by atoms with E-state index in [4.69, 9.17) is 0 Å². The van der Waals surface area contributed by atoms with Crippen LogP contribution in [0.4, 0.5) is 0 Å². The van der Waals surface area contributed by atoms with E-state index in [2.05, 4.69) is 33.8 Å². The van der Waals surface area contributed by atoms with Gasteiger partial charge in [-0.05, 0) is 18.2 Å². The molecule has 1 atom stereocenters. The largest absolute Gasteiger partial charge is 0.360 e. The number of nitrogens with zero attached hydrogens (tertiary/aromatic N) is 2. The molecule has 134 valence electrons. The Kier molecular flexibility index (Phi) is 4.87. The van der Waals surface area contributed by atoms with Crippen LogP contribution >= 0.6 is 0 Å². The predicted molar refractivity (Wildman–Crippen MR) is 105 cm³/mol. The zero-order valence-corrected chi connectivity index (χ0v) is 15.2. The van der Waals surface area contributed by atoms with Gasteiger partial charge < -0.3 is 9.88 Å². The van der Waals surface area contributed by atoms with Crippen LogP contribution in [0, 0.1) is 0 Å². The van der Waals surface area contributed by atoms with E-state index in [0.29, 0.717) is 0 Å². The van der Waals surface area contributed by atoms with E-state index in [9.17, 15) is 4.79 Å². The number of piperazine rings is 1. The second-order valence-electron chi connectivity index (χ2n) is 6.90. The molecule has 2 heterocycles. The first-order valence-corrected chi connectivity index (χ1v) is 9.39. The summed E-state index contributed by atoms with van der Waals surface area (Å²) in [7, 11) is 0. The van der Waals surface area contributed by atoms with Crippen molar-refractivity contribution in [2.24, 2.45) is 0 Å².